The van der Waals surface area contributed by atoms with Gasteiger partial charge in [0.15, 0.2) is 5.82 Å². The molecule has 2 amide bonds. The van der Waals surface area contributed by atoms with Crippen molar-refractivity contribution in [2.75, 3.05) is 23.4 Å². The lowest BCUT2D eigenvalue weighted by atomic mass is 10.0. The van der Waals surface area contributed by atoms with Gasteiger partial charge in [0.05, 0.1) is 11.0 Å². The number of pyridine rings is 1. The Balaban J connectivity index is 1.87. The van der Waals surface area contributed by atoms with Gasteiger partial charge >= 0.3 is 6.03 Å². The minimum Gasteiger partial charge on any atom is -0.338 e. The van der Waals surface area contributed by atoms with E-state index >= 15 is 4.39 Å². The molecule has 1 aliphatic heterocycles. The third-order valence-electron chi connectivity index (χ3n) is 4.18. The number of aromatic amines is 1. The highest BCUT2D eigenvalue weighted by atomic mass is 19.1. The largest absolute Gasteiger partial charge is 0.338 e. The van der Waals surface area contributed by atoms with E-state index in [1.54, 1.807) is 41.8 Å². The molecule has 138 valence electrons. The summed E-state index contributed by atoms with van der Waals surface area (Å²) < 4.78 is 15.4. The number of hydrogen-bond donors (Lipinski definition) is 3. The fraction of sp³-hybridized carbons (Fsp3) is 0.222. The van der Waals surface area contributed by atoms with Gasteiger partial charge in [0.1, 0.15) is 5.69 Å². The normalized spacial score (nSPS) is 13.3. The van der Waals surface area contributed by atoms with Gasteiger partial charge < -0.3 is 10.3 Å². The summed E-state index contributed by atoms with van der Waals surface area (Å²) >= 11 is 0. The molecular formula is C18H18FN7O. The molecule has 0 fully saturated rings. The second-order valence-electron chi connectivity index (χ2n) is 6.00. The topological polar surface area (TPSA) is 98.3 Å². The minimum absolute atomic E-state index is 0.239. The van der Waals surface area contributed by atoms with Crippen LogP contribution in [0.1, 0.15) is 13.3 Å². The van der Waals surface area contributed by atoms with Gasteiger partial charge in [0.25, 0.3) is 0 Å². The third-order valence-corrected chi connectivity index (χ3v) is 4.18. The number of hydrogen-bond acceptors (Lipinski definition) is 5. The molecule has 3 aromatic rings. The summed E-state index contributed by atoms with van der Waals surface area (Å²) in [5.74, 6) is -0.175. The molecule has 0 atom stereocenters. The van der Waals surface area contributed by atoms with Crippen molar-refractivity contribution in [1.82, 2.24) is 20.3 Å². The zero-order valence-electron chi connectivity index (χ0n) is 14.7. The van der Waals surface area contributed by atoms with Gasteiger partial charge in [-0.2, -0.15) is 5.10 Å². The molecule has 0 spiro atoms. The Morgan fingerprint density at radius 2 is 2.33 bits per heavy atom. The van der Waals surface area contributed by atoms with E-state index in [0.717, 1.165) is 6.42 Å². The highest BCUT2D eigenvalue weighted by Crippen LogP contribution is 2.37. The summed E-state index contributed by atoms with van der Waals surface area (Å²) in [7, 11) is 0. The van der Waals surface area contributed by atoms with Gasteiger partial charge in [-0.15, -0.1) is 0 Å². The zero-order chi connectivity index (χ0) is 18.8. The number of benzene rings is 1. The van der Waals surface area contributed by atoms with Crippen molar-refractivity contribution < 1.29 is 9.18 Å². The van der Waals surface area contributed by atoms with Crippen LogP contribution in [0, 0.1) is 5.82 Å². The van der Waals surface area contributed by atoms with Gasteiger partial charge in [0, 0.05) is 49.2 Å². The van der Waals surface area contributed by atoms with Crippen molar-refractivity contribution in [1.29, 1.82) is 0 Å². The minimum atomic E-state index is -0.414. The Hall–Kier alpha value is -3.49. The summed E-state index contributed by atoms with van der Waals surface area (Å²) in [4.78, 5) is 23.3. The number of anilines is 2. The summed E-state index contributed by atoms with van der Waals surface area (Å²) in [6, 6.07) is 4.79. The Morgan fingerprint density at radius 1 is 1.44 bits per heavy atom. The van der Waals surface area contributed by atoms with Crippen LogP contribution in [0.5, 0.6) is 0 Å². The Labute approximate surface area is 154 Å². The van der Waals surface area contributed by atoms with Crippen molar-refractivity contribution >= 4 is 34.9 Å². The van der Waals surface area contributed by atoms with Crippen LogP contribution < -0.4 is 15.6 Å². The van der Waals surface area contributed by atoms with Gasteiger partial charge in [-0.05, 0) is 19.1 Å². The average Bonchev–Trinajstić information content (AvgIpc) is 3.32. The molecular weight excluding hydrogens is 349 g/mol. The predicted molar refractivity (Wildman–Crippen MR) is 102 cm³/mol. The molecule has 0 radical (unpaired) electrons. The van der Waals surface area contributed by atoms with Crippen molar-refractivity contribution in [3.05, 3.63) is 36.4 Å². The van der Waals surface area contributed by atoms with Crippen LogP contribution >= 0.6 is 0 Å². The number of H-pyrrole nitrogens is 1. The van der Waals surface area contributed by atoms with Crippen LogP contribution in [0.25, 0.3) is 22.2 Å². The maximum atomic E-state index is 15.4. The number of carbonyl (C=O) groups is 1. The SMILES string of the molecule is CCNC(=O)Nc1nc2cc(-c3cccnc3)c(F)c(N3CCC=N3)c2[nH]1. The van der Waals surface area contributed by atoms with E-state index in [1.165, 1.54) is 0 Å². The van der Waals surface area contributed by atoms with Gasteiger partial charge in [-0.1, -0.05) is 6.07 Å². The Morgan fingerprint density at radius 3 is 3.04 bits per heavy atom. The first-order chi connectivity index (χ1) is 13.2. The maximum absolute atomic E-state index is 15.4. The summed E-state index contributed by atoms with van der Waals surface area (Å²) in [5, 5.41) is 11.1. The molecule has 1 aromatic carbocycles. The number of imidazole rings is 1. The number of nitrogens with zero attached hydrogens (tertiary/aromatic N) is 4. The number of urea groups is 1. The van der Waals surface area contributed by atoms with E-state index in [0.29, 0.717) is 40.9 Å². The number of amides is 2. The summed E-state index contributed by atoms with van der Waals surface area (Å²) in [6.07, 6.45) is 5.71. The predicted octanol–water partition coefficient (Wildman–Crippen LogP) is 3.10. The second-order valence-corrected chi connectivity index (χ2v) is 6.00. The number of nitrogens with one attached hydrogen (secondary N) is 3. The molecule has 27 heavy (non-hydrogen) atoms. The molecule has 3 N–H and O–H groups in total. The molecule has 0 saturated carbocycles. The van der Waals surface area contributed by atoms with E-state index < -0.39 is 5.82 Å². The molecule has 0 bridgehead atoms. The van der Waals surface area contributed by atoms with Crippen LogP contribution in [0.15, 0.2) is 35.7 Å². The van der Waals surface area contributed by atoms with E-state index in [4.69, 9.17) is 0 Å². The molecule has 4 rings (SSSR count). The van der Waals surface area contributed by atoms with Crippen LogP contribution in [0.3, 0.4) is 0 Å². The molecule has 0 unspecified atom stereocenters. The van der Waals surface area contributed by atoms with Crippen molar-refractivity contribution in [2.24, 2.45) is 5.10 Å². The standard InChI is InChI=1S/C18H18FN7O/c1-2-21-18(27)25-17-23-13-9-12(11-5-3-6-20-10-11)14(19)16(15(13)24-17)26-8-4-7-22-26/h3,5-7,9-10H,2,4,8H2,1H3,(H3,21,23,24,25,27). The lowest BCUT2D eigenvalue weighted by molar-refractivity contribution is 0.252. The van der Waals surface area contributed by atoms with Crippen LogP contribution in [0.2, 0.25) is 0 Å². The first-order valence-corrected chi connectivity index (χ1v) is 8.65. The Kier molecular flexibility index (Phi) is 4.41. The second kappa shape index (κ2) is 7.02. The fourth-order valence-corrected chi connectivity index (χ4v) is 3.02. The highest BCUT2D eigenvalue weighted by molar-refractivity contribution is 5.97. The van der Waals surface area contributed by atoms with E-state index in [-0.39, 0.29) is 12.0 Å². The number of halogens is 1. The van der Waals surface area contributed by atoms with Crippen molar-refractivity contribution in [3.8, 4) is 11.1 Å². The monoisotopic (exact) mass is 367 g/mol. The van der Waals surface area contributed by atoms with Crippen LogP contribution in [-0.2, 0) is 0 Å². The lowest BCUT2D eigenvalue weighted by Crippen LogP contribution is -2.28. The molecule has 3 heterocycles. The molecule has 9 heteroatoms. The molecule has 2 aromatic heterocycles. The van der Waals surface area contributed by atoms with Crippen molar-refractivity contribution in [3.63, 3.8) is 0 Å². The molecule has 8 nitrogen and oxygen atoms in total. The van der Waals surface area contributed by atoms with Crippen LogP contribution in [0.4, 0.5) is 20.8 Å². The van der Waals surface area contributed by atoms with Gasteiger partial charge in [0.2, 0.25) is 5.95 Å². The zero-order valence-corrected chi connectivity index (χ0v) is 14.7. The number of carbonyl (C=O) groups excluding carboxylic acids is 1. The molecule has 0 saturated heterocycles. The number of rotatable bonds is 4. The first-order valence-electron chi connectivity index (χ1n) is 8.65. The van der Waals surface area contributed by atoms with Crippen molar-refractivity contribution in [2.45, 2.75) is 13.3 Å². The van der Waals surface area contributed by atoms with E-state index in [1.807, 2.05) is 6.92 Å². The van der Waals surface area contributed by atoms with Crippen LogP contribution in [-0.4, -0.2) is 40.3 Å². The van der Waals surface area contributed by atoms with E-state index in [9.17, 15) is 4.79 Å². The van der Waals surface area contributed by atoms with Gasteiger partial charge in [-0.3, -0.25) is 15.3 Å². The lowest BCUT2D eigenvalue weighted by Gasteiger charge is -2.17. The summed E-state index contributed by atoms with van der Waals surface area (Å²) in [5.41, 5.74) is 2.33. The van der Waals surface area contributed by atoms with E-state index in [2.05, 4.69) is 30.7 Å². The first kappa shape index (κ1) is 17.0. The maximum Gasteiger partial charge on any atom is 0.321 e. The number of hydrazone groups is 1. The quantitative estimate of drug-likeness (QED) is 0.660. The number of fused-ring (bicyclic) bond motifs is 1. The molecule has 1 aliphatic rings. The van der Waals surface area contributed by atoms with Gasteiger partial charge in [-0.25, -0.2) is 14.2 Å². The summed E-state index contributed by atoms with van der Waals surface area (Å²) in [6.45, 7) is 2.87. The fourth-order valence-electron chi connectivity index (χ4n) is 3.02. The number of aromatic nitrogens is 3. The smallest absolute Gasteiger partial charge is 0.321 e. The Bertz CT molecular complexity index is 1020. The molecule has 0 aliphatic carbocycles. The average molecular weight is 367 g/mol. The third kappa shape index (κ3) is 3.19. The highest BCUT2D eigenvalue weighted by Gasteiger charge is 2.24.